The van der Waals surface area contributed by atoms with Gasteiger partial charge in [0.25, 0.3) is 5.91 Å². The van der Waals surface area contributed by atoms with E-state index in [0.29, 0.717) is 5.56 Å². The van der Waals surface area contributed by atoms with Gasteiger partial charge in [-0.15, -0.1) is 11.3 Å². The molecule has 0 fully saturated rings. The van der Waals surface area contributed by atoms with Crippen LogP contribution in [0.5, 0.6) is 0 Å². The van der Waals surface area contributed by atoms with Crippen LogP contribution in [-0.2, 0) is 0 Å². The molecule has 1 aromatic heterocycles. The highest BCUT2D eigenvalue weighted by molar-refractivity contribution is 7.10. The summed E-state index contributed by atoms with van der Waals surface area (Å²) >= 11 is 1.65. The molecule has 0 bridgehead atoms. The Hall–Kier alpha value is -2.39. The molecule has 0 unspecified atom stereocenters. The molecule has 0 saturated heterocycles. The van der Waals surface area contributed by atoms with Gasteiger partial charge in [0.15, 0.2) is 0 Å². The van der Waals surface area contributed by atoms with E-state index in [4.69, 9.17) is 0 Å². The Labute approximate surface area is 128 Å². The minimum Gasteiger partial charge on any atom is -0.340 e. The summed E-state index contributed by atoms with van der Waals surface area (Å²) in [7, 11) is 0. The summed E-state index contributed by atoms with van der Waals surface area (Å²) in [6.45, 7) is 0. The number of amides is 1. The standard InChI is InChI=1S/C18H15NOS/c20-18(15-10-5-2-6-11-15)19-17(16-12-7-13-21-16)14-8-3-1-4-9-14/h1-13,17H,(H,19,20)/t17-/m0/s1. The fraction of sp³-hybridized carbons (Fsp3) is 0.0556. The second-order valence-electron chi connectivity index (χ2n) is 4.70. The lowest BCUT2D eigenvalue weighted by atomic mass is 10.0. The molecule has 1 heterocycles. The average molecular weight is 293 g/mol. The summed E-state index contributed by atoms with van der Waals surface area (Å²) in [5.41, 5.74) is 1.76. The number of benzene rings is 2. The normalized spacial score (nSPS) is 11.8. The summed E-state index contributed by atoms with van der Waals surface area (Å²) in [6, 6.07) is 23.3. The van der Waals surface area contributed by atoms with Crippen molar-refractivity contribution in [3.63, 3.8) is 0 Å². The van der Waals surface area contributed by atoms with Gasteiger partial charge in [-0.3, -0.25) is 4.79 Å². The summed E-state index contributed by atoms with van der Waals surface area (Å²) in [6.07, 6.45) is 0. The molecule has 0 spiro atoms. The predicted molar refractivity (Wildman–Crippen MR) is 86.5 cm³/mol. The average Bonchev–Trinajstić information content (AvgIpc) is 3.08. The zero-order valence-corrected chi connectivity index (χ0v) is 12.2. The van der Waals surface area contributed by atoms with Crippen LogP contribution >= 0.6 is 11.3 Å². The molecule has 1 N–H and O–H groups in total. The van der Waals surface area contributed by atoms with Crippen LogP contribution in [0.25, 0.3) is 0 Å². The number of carbonyl (C=O) groups is 1. The van der Waals surface area contributed by atoms with Gasteiger partial charge in [0.2, 0.25) is 0 Å². The zero-order chi connectivity index (χ0) is 14.5. The zero-order valence-electron chi connectivity index (χ0n) is 11.4. The molecule has 0 saturated carbocycles. The minimum atomic E-state index is -0.112. The lowest BCUT2D eigenvalue weighted by Gasteiger charge is -2.18. The SMILES string of the molecule is O=C(N[C@@H](c1ccccc1)c1cccs1)c1ccccc1. The van der Waals surface area contributed by atoms with Crippen LogP contribution in [0.2, 0.25) is 0 Å². The molecule has 3 aromatic rings. The molecule has 2 nitrogen and oxygen atoms in total. The van der Waals surface area contributed by atoms with E-state index in [1.165, 1.54) is 0 Å². The number of carbonyl (C=O) groups excluding carboxylic acids is 1. The molecule has 104 valence electrons. The first-order valence-corrected chi connectivity index (χ1v) is 7.67. The molecule has 1 amide bonds. The van der Waals surface area contributed by atoms with E-state index in [0.717, 1.165) is 10.4 Å². The highest BCUT2D eigenvalue weighted by Gasteiger charge is 2.18. The van der Waals surface area contributed by atoms with Crippen molar-refractivity contribution in [3.05, 3.63) is 94.2 Å². The van der Waals surface area contributed by atoms with Gasteiger partial charge in [-0.25, -0.2) is 0 Å². The third kappa shape index (κ3) is 3.20. The van der Waals surface area contributed by atoms with Gasteiger partial charge in [0.1, 0.15) is 0 Å². The Morgan fingerprint density at radius 1 is 0.857 bits per heavy atom. The first kappa shape index (κ1) is 13.6. The number of nitrogens with one attached hydrogen (secondary N) is 1. The van der Waals surface area contributed by atoms with Gasteiger partial charge < -0.3 is 5.32 Å². The van der Waals surface area contributed by atoms with Crippen LogP contribution in [0.4, 0.5) is 0 Å². The molecule has 0 radical (unpaired) electrons. The van der Waals surface area contributed by atoms with Crippen LogP contribution in [0.1, 0.15) is 26.8 Å². The van der Waals surface area contributed by atoms with Crippen molar-refractivity contribution in [1.82, 2.24) is 5.32 Å². The molecule has 1 atom stereocenters. The third-order valence-electron chi connectivity index (χ3n) is 3.27. The molecule has 3 heteroatoms. The largest absolute Gasteiger partial charge is 0.340 e. The summed E-state index contributed by atoms with van der Waals surface area (Å²) < 4.78 is 0. The second kappa shape index (κ2) is 6.37. The van der Waals surface area contributed by atoms with E-state index in [1.54, 1.807) is 11.3 Å². The van der Waals surface area contributed by atoms with E-state index in [9.17, 15) is 4.79 Å². The van der Waals surface area contributed by atoms with Gasteiger partial charge in [-0.1, -0.05) is 54.6 Å². The van der Waals surface area contributed by atoms with E-state index >= 15 is 0 Å². The van der Waals surface area contributed by atoms with Crippen LogP contribution in [-0.4, -0.2) is 5.91 Å². The number of hydrogen-bond acceptors (Lipinski definition) is 2. The molecular formula is C18H15NOS. The topological polar surface area (TPSA) is 29.1 Å². The summed E-state index contributed by atoms with van der Waals surface area (Å²) in [4.78, 5) is 13.5. The van der Waals surface area contributed by atoms with Crippen molar-refractivity contribution in [3.8, 4) is 0 Å². The van der Waals surface area contributed by atoms with Crippen LogP contribution in [0.15, 0.2) is 78.2 Å². The number of thiophene rings is 1. The first-order valence-electron chi connectivity index (χ1n) is 6.79. The fourth-order valence-corrected chi connectivity index (χ4v) is 3.03. The Bertz CT molecular complexity index is 693. The Morgan fingerprint density at radius 3 is 2.14 bits per heavy atom. The maximum Gasteiger partial charge on any atom is 0.252 e. The van der Waals surface area contributed by atoms with Crippen molar-refractivity contribution in [2.24, 2.45) is 0 Å². The van der Waals surface area contributed by atoms with Gasteiger partial charge in [0.05, 0.1) is 6.04 Å². The van der Waals surface area contributed by atoms with Crippen molar-refractivity contribution in [2.75, 3.05) is 0 Å². The smallest absolute Gasteiger partial charge is 0.252 e. The molecule has 2 aromatic carbocycles. The lowest BCUT2D eigenvalue weighted by Crippen LogP contribution is -2.28. The number of hydrogen-bond donors (Lipinski definition) is 1. The van der Waals surface area contributed by atoms with E-state index in [2.05, 4.69) is 5.32 Å². The fourth-order valence-electron chi connectivity index (χ4n) is 2.22. The Balaban J connectivity index is 1.89. The maximum absolute atomic E-state index is 12.4. The quantitative estimate of drug-likeness (QED) is 0.765. The van der Waals surface area contributed by atoms with Gasteiger partial charge in [0, 0.05) is 10.4 Å². The minimum absolute atomic E-state index is 0.0575. The van der Waals surface area contributed by atoms with E-state index < -0.39 is 0 Å². The van der Waals surface area contributed by atoms with Crippen LogP contribution < -0.4 is 5.32 Å². The van der Waals surface area contributed by atoms with Crippen molar-refractivity contribution in [1.29, 1.82) is 0 Å². The lowest BCUT2D eigenvalue weighted by molar-refractivity contribution is 0.0943. The monoisotopic (exact) mass is 293 g/mol. The first-order chi connectivity index (χ1) is 10.3. The van der Waals surface area contributed by atoms with Crippen LogP contribution in [0, 0.1) is 0 Å². The Morgan fingerprint density at radius 2 is 1.52 bits per heavy atom. The molecule has 3 rings (SSSR count). The molecule has 0 aliphatic rings. The molecule has 0 aliphatic carbocycles. The number of rotatable bonds is 4. The highest BCUT2D eigenvalue weighted by Crippen LogP contribution is 2.26. The molecular weight excluding hydrogens is 278 g/mol. The second-order valence-corrected chi connectivity index (χ2v) is 5.68. The van der Waals surface area contributed by atoms with Gasteiger partial charge in [-0.2, -0.15) is 0 Å². The van der Waals surface area contributed by atoms with Crippen molar-refractivity contribution >= 4 is 17.2 Å². The third-order valence-corrected chi connectivity index (χ3v) is 4.21. The molecule has 0 aliphatic heterocycles. The summed E-state index contributed by atoms with van der Waals surface area (Å²) in [5.74, 6) is -0.0575. The molecule has 21 heavy (non-hydrogen) atoms. The maximum atomic E-state index is 12.4. The van der Waals surface area contributed by atoms with Gasteiger partial charge in [-0.05, 0) is 29.1 Å². The predicted octanol–water partition coefficient (Wildman–Crippen LogP) is 4.27. The van der Waals surface area contributed by atoms with E-state index in [-0.39, 0.29) is 11.9 Å². The summed E-state index contributed by atoms with van der Waals surface area (Å²) in [5, 5.41) is 5.15. The van der Waals surface area contributed by atoms with Crippen LogP contribution in [0.3, 0.4) is 0 Å². The Kier molecular flexibility index (Phi) is 4.12. The van der Waals surface area contributed by atoms with Gasteiger partial charge >= 0.3 is 0 Å². The van der Waals surface area contributed by atoms with E-state index in [1.807, 2.05) is 78.2 Å². The highest BCUT2D eigenvalue weighted by atomic mass is 32.1. The van der Waals surface area contributed by atoms with Crippen molar-refractivity contribution < 1.29 is 4.79 Å². The van der Waals surface area contributed by atoms with Crippen molar-refractivity contribution in [2.45, 2.75) is 6.04 Å².